The maximum atomic E-state index is 5.85. The molecule has 3 heterocycles. The molecule has 0 radical (unpaired) electrons. The number of nitrogens with one attached hydrogen (secondary N) is 1. The third kappa shape index (κ3) is 2.65. The van der Waals surface area contributed by atoms with Gasteiger partial charge in [-0.25, -0.2) is 4.98 Å². The van der Waals surface area contributed by atoms with E-state index in [0.29, 0.717) is 0 Å². The normalized spacial score (nSPS) is 15.8. The Balaban J connectivity index is 1.34. The number of rotatable bonds is 3. The molecule has 1 N–H and O–H groups in total. The van der Waals surface area contributed by atoms with Crippen LogP contribution in [0.1, 0.15) is 17.9 Å². The van der Waals surface area contributed by atoms with Crippen molar-refractivity contribution in [3.05, 3.63) is 72.3 Å². The number of hydrogen-bond acceptors (Lipinski definition) is 3. The summed E-state index contributed by atoms with van der Waals surface area (Å²) in [6.07, 6.45) is 5.51. The molecule has 0 saturated carbocycles. The topological polar surface area (TPSA) is 45.1 Å². The molecule has 1 aliphatic rings. The van der Waals surface area contributed by atoms with Gasteiger partial charge in [-0.15, -0.1) is 0 Å². The van der Waals surface area contributed by atoms with Crippen molar-refractivity contribution in [2.24, 2.45) is 0 Å². The summed E-state index contributed by atoms with van der Waals surface area (Å²) in [6, 6.07) is 16.4. The van der Waals surface area contributed by atoms with Gasteiger partial charge in [-0.2, -0.15) is 0 Å². The fraction of sp³-hybridized carbons (Fsp3) is 0.190. The molecule has 5 rings (SSSR count). The van der Waals surface area contributed by atoms with Gasteiger partial charge in [0.2, 0.25) is 5.89 Å². The van der Waals surface area contributed by atoms with Gasteiger partial charge in [-0.1, -0.05) is 36.4 Å². The third-order valence-electron chi connectivity index (χ3n) is 4.93. The van der Waals surface area contributed by atoms with Crippen molar-refractivity contribution in [1.82, 2.24) is 14.9 Å². The van der Waals surface area contributed by atoms with Crippen molar-refractivity contribution in [2.45, 2.75) is 13.0 Å². The second-order valence-electron chi connectivity index (χ2n) is 6.54. The van der Waals surface area contributed by atoms with E-state index >= 15 is 0 Å². The van der Waals surface area contributed by atoms with E-state index in [-0.39, 0.29) is 0 Å². The van der Waals surface area contributed by atoms with Crippen LogP contribution in [0.4, 0.5) is 0 Å². The van der Waals surface area contributed by atoms with Crippen LogP contribution < -0.4 is 0 Å². The lowest BCUT2D eigenvalue weighted by atomic mass is 9.99. The summed E-state index contributed by atoms with van der Waals surface area (Å²) in [5.74, 6) is 0.796. The molecule has 0 saturated heterocycles. The van der Waals surface area contributed by atoms with Gasteiger partial charge < -0.3 is 9.40 Å². The van der Waals surface area contributed by atoms with Crippen LogP contribution in [0.2, 0.25) is 0 Å². The summed E-state index contributed by atoms with van der Waals surface area (Å²) in [5, 5.41) is 1.31. The average Bonchev–Trinajstić information content (AvgIpc) is 3.26. The smallest absolute Gasteiger partial charge is 0.209 e. The molecule has 0 atom stereocenters. The Labute approximate surface area is 145 Å². The highest BCUT2D eigenvalue weighted by Crippen LogP contribution is 2.29. The van der Waals surface area contributed by atoms with E-state index in [1.165, 1.54) is 22.0 Å². The van der Waals surface area contributed by atoms with Gasteiger partial charge >= 0.3 is 0 Å². The minimum Gasteiger partial charge on any atom is -0.439 e. The lowest BCUT2D eigenvalue weighted by molar-refractivity contribution is 0.265. The van der Waals surface area contributed by atoms with Gasteiger partial charge in [0.15, 0.2) is 5.58 Å². The number of para-hydroxylation sites is 3. The van der Waals surface area contributed by atoms with E-state index in [0.717, 1.165) is 43.0 Å². The van der Waals surface area contributed by atoms with Crippen molar-refractivity contribution < 1.29 is 4.42 Å². The second kappa shape index (κ2) is 5.90. The van der Waals surface area contributed by atoms with E-state index < -0.39 is 0 Å². The third-order valence-corrected chi connectivity index (χ3v) is 4.93. The van der Waals surface area contributed by atoms with Crippen molar-refractivity contribution in [3.63, 3.8) is 0 Å². The minimum atomic E-state index is 0.756. The molecular formula is C21H19N3O. The first-order chi connectivity index (χ1) is 12.4. The first-order valence-corrected chi connectivity index (χ1v) is 8.69. The molecule has 0 unspecified atom stereocenters. The Morgan fingerprint density at radius 3 is 2.84 bits per heavy atom. The van der Waals surface area contributed by atoms with Gasteiger partial charge in [0.25, 0.3) is 0 Å². The van der Waals surface area contributed by atoms with Gasteiger partial charge in [-0.05, 0) is 30.2 Å². The predicted molar refractivity (Wildman–Crippen MR) is 100 cm³/mol. The SMILES string of the molecule is C1=C(c2c[nH]c3ccccc23)CCN(Cc2nc3ccccc3o2)C1. The number of aromatic amines is 1. The zero-order chi connectivity index (χ0) is 16.6. The van der Waals surface area contributed by atoms with Gasteiger partial charge in [0.05, 0.1) is 6.54 Å². The molecule has 2 aromatic heterocycles. The molecule has 0 spiro atoms. The number of fused-ring (bicyclic) bond motifs is 2. The Morgan fingerprint density at radius 2 is 1.96 bits per heavy atom. The average molecular weight is 329 g/mol. The standard InChI is InChI=1S/C21H19N3O/c1-2-6-18-16(5-1)17(13-22-18)15-9-11-24(12-10-15)14-21-23-19-7-3-4-8-20(19)25-21/h1-9,13,22H,10-12,14H2. The number of hydrogen-bond donors (Lipinski definition) is 1. The lowest BCUT2D eigenvalue weighted by Crippen LogP contribution is -2.28. The zero-order valence-corrected chi connectivity index (χ0v) is 13.9. The first-order valence-electron chi connectivity index (χ1n) is 8.69. The summed E-state index contributed by atoms with van der Waals surface area (Å²) in [6.45, 7) is 2.70. The van der Waals surface area contributed by atoms with Crippen molar-refractivity contribution in [1.29, 1.82) is 0 Å². The highest BCUT2D eigenvalue weighted by atomic mass is 16.3. The Morgan fingerprint density at radius 1 is 1.08 bits per heavy atom. The van der Waals surface area contributed by atoms with E-state index in [2.05, 4.69) is 51.4 Å². The molecule has 0 bridgehead atoms. The van der Waals surface area contributed by atoms with Crippen LogP contribution >= 0.6 is 0 Å². The van der Waals surface area contributed by atoms with Gasteiger partial charge in [0, 0.05) is 35.8 Å². The van der Waals surface area contributed by atoms with Crippen LogP contribution in [0, 0.1) is 0 Å². The molecule has 4 heteroatoms. The highest BCUT2D eigenvalue weighted by Gasteiger charge is 2.17. The zero-order valence-electron chi connectivity index (χ0n) is 13.9. The number of oxazole rings is 1. The van der Waals surface area contributed by atoms with Crippen molar-refractivity contribution in [3.8, 4) is 0 Å². The minimum absolute atomic E-state index is 0.756. The maximum Gasteiger partial charge on any atom is 0.209 e. The van der Waals surface area contributed by atoms with E-state index in [4.69, 9.17) is 4.42 Å². The molecule has 2 aromatic carbocycles. The quantitative estimate of drug-likeness (QED) is 0.597. The van der Waals surface area contributed by atoms with Crippen molar-refractivity contribution >= 4 is 27.6 Å². The fourth-order valence-corrected chi connectivity index (χ4v) is 3.62. The summed E-state index contributed by atoms with van der Waals surface area (Å²) in [4.78, 5) is 10.3. The molecule has 4 nitrogen and oxygen atoms in total. The fourth-order valence-electron chi connectivity index (χ4n) is 3.62. The van der Waals surface area contributed by atoms with E-state index in [1.807, 2.05) is 24.3 Å². The second-order valence-corrected chi connectivity index (χ2v) is 6.54. The van der Waals surface area contributed by atoms with Crippen LogP contribution in [-0.2, 0) is 6.54 Å². The Bertz CT molecular complexity index is 1040. The first kappa shape index (κ1) is 14.5. The van der Waals surface area contributed by atoms with Crippen LogP contribution in [0.5, 0.6) is 0 Å². The van der Waals surface area contributed by atoms with Gasteiger partial charge in [-0.3, -0.25) is 4.90 Å². The number of aromatic nitrogens is 2. The van der Waals surface area contributed by atoms with Crippen LogP contribution in [0.25, 0.3) is 27.6 Å². The molecule has 124 valence electrons. The highest BCUT2D eigenvalue weighted by molar-refractivity contribution is 5.92. The number of H-pyrrole nitrogens is 1. The van der Waals surface area contributed by atoms with Crippen LogP contribution in [0.15, 0.2) is 65.2 Å². The molecule has 25 heavy (non-hydrogen) atoms. The molecule has 1 aliphatic heterocycles. The van der Waals surface area contributed by atoms with Crippen molar-refractivity contribution in [2.75, 3.05) is 13.1 Å². The van der Waals surface area contributed by atoms with E-state index in [9.17, 15) is 0 Å². The van der Waals surface area contributed by atoms with E-state index in [1.54, 1.807) is 0 Å². The lowest BCUT2D eigenvalue weighted by Gasteiger charge is -2.24. The van der Waals surface area contributed by atoms with Crippen LogP contribution in [-0.4, -0.2) is 28.0 Å². The Hall–Kier alpha value is -2.85. The van der Waals surface area contributed by atoms with Gasteiger partial charge in [0.1, 0.15) is 5.52 Å². The predicted octanol–water partition coefficient (Wildman–Crippen LogP) is 4.60. The summed E-state index contributed by atoms with van der Waals surface area (Å²) in [7, 11) is 0. The molecule has 4 aromatic rings. The molecule has 0 aliphatic carbocycles. The number of benzene rings is 2. The maximum absolute atomic E-state index is 5.85. The molecular weight excluding hydrogens is 310 g/mol. The summed E-state index contributed by atoms with van der Waals surface area (Å²) in [5.41, 5.74) is 5.75. The monoisotopic (exact) mass is 329 g/mol. The Kier molecular flexibility index (Phi) is 3.42. The van der Waals surface area contributed by atoms with Crippen LogP contribution in [0.3, 0.4) is 0 Å². The molecule has 0 amide bonds. The molecule has 0 fully saturated rings. The summed E-state index contributed by atoms with van der Waals surface area (Å²) < 4.78 is 5.85. The summed E-state index contributed by atoms with van der Waals surface area (Å²) >= 11 is 0. The largest absolute Gasteiger partial charge is 0.439 e. The number of nitrogens with zero attached hydrogens (tertiary/aromatic N) is 2.